The van der Waals surface area contributed by atoms with Crippen molar-refractivity contribution >= 4 is 51.8 Å². The number of nitrogens with one attached hydrogen (secondary N) is 4. The first kappa shape index (κ1) is 40.4. The quantitative estimate of drug-likeness (QED) is 0.129. The predicted molar refractivity (Wildman–Crippen MR) is 191 cm³/mol. The minimum absolute atomic E-state index is 0.0124. The van der Waals surface area contributed by atoms with Crippen LogP contribution in [0.1, 0.15) is 70.4 Å². The summed E-state index contributed by atoms with van der Waals surface area (Å²) in [5.74, 6) is -5.24. The van der Waals surface area contributed by atoms with Crippen LogP contribution in [0.3, 0.4) is 0 Å². The third kappa shape index (κ3) is 8.89. The molecule has 1 aromatic rings. The highest BCUT2D eigenvalue weighted by Crippen LogP contribution is 2.45. The van der Waals surface area contributed by atoms with E-state index in [-0.39, 0.29) is 38.8 Å². The van der Waals surface area contributed by atoms with E-state index >= 15 is 0 Å². The molecule has 2 saturated heterocycles. The number of sulfonamides is 1. The number of cyclic esters (lactones) is 1. The van der Waals surface area contributed by atoms with Gasteiger partial charge in [0.15, 0.2) is 6.10 Å². The maximum atomic E-state index is 14.4. The van der Waals surface area contributed by atoms with Crippen LogP contribution in [0.2, 0.25) is 0 Å². The van der Waals surface area contributed by atoms with E-state index in [4.69, 9.17) is 14.2 Å². The van der Waals surface area contributed by atoms with Crippen LogP contribution in [-0.4, -0.2) is 114 Å². The summed E-state index contributed by atoms with van der Waals surface area (Å²) in [5.41, 5.74) is -1.80. The number of fused-ring (bicyclic) bond motifs is 1. The number of halogens is 1. The molecule has 304 valence electrons. The highest BCUT2D eigenvalue weighted by Gasteiger charge is 2.62. The van der Waals surface area contributed by atoms with E-state index in [9.17, 15) is 46.4 Å². The van der Waals surface area contributed by atoms with Crippen LogP contribution < -0.4 is 20.7 Å². The van der Waals surface area contributed by atoms with E-state index in [2.05, 4.69) is 27.3 Å². The lowest BCUT2D eigenvalue weighted by molar-refractivity contribution is -0.148. The van der Waals surface area contributed by atoms with E-state index in [0.717, 1.165) is 4.90 Å². The Morgan fingerprint density at radius 1 is 1.11 bits per heavy atom. The van der Waals surface area contributed by atoms with Gasteiger partial charge in [0.2, 0.25) is 21.8 Å². The topological polar surface area (TPSA) is 236 Å². The standard InChI is InChI=1S/C36H45FN6O12S/c1-5-20-14-36(20,32(48)41-56(51,52)22-9-10-22)40-29(45)26-13-21(53-34(50)42-16-19-7-6-8-24(37)23(19)18-42)17-43(26)31(47)25(39-33(49)55-35(2,3)4)15-38-30(46)27-11-12-28(44)54-27/h5-8,20-22,25-27H,1,9-18H2,2-4H3,(H,38,46)(H,39,49)(H,40,45)(H,41,48)/t20?,21?,25-,26-,27-,36?/m0/s1. The molecule has 20 heteroatoms. The summed E-state index contributed by atoms with van der Waals surface area (Å²) >= 11 is 0. The molecule has 0 aromatic heterocycles. The zero-order valence-electron chi connectivity index (χ0n) is 31.1. The summed E-state index contributed by atoms with van der Waals surface area (Å²) in [6, 6.07) is 1.44. The van der Waals surface area contributed by atoms with Gasteiger partial charge < -0.3 is 35.1 Å². The van der Waals surface area contributed by atoms with Gasteiger partial charge in [0, 0.05) is 43.8 Å². The van der Waals surface area contributed by atoms with Gasteiger partial charge in [-0.2, -0.15) is 0 Å². The van der Waals surface area contributed by atoms with Crippen molar-refractivity contribution < 1.29 is 60.6 Å². The monoisotopic (exact) mass is 804 g/mol. The zero-order valence-corrected chi connectivity index (χ0v) is 31.9. The Bertz CT molecular complexity index is 1950. The van der Waals surface area contributed by atoms with Crippen molar-refractivity contribution in [2.24, 2.45) is 5.92 Å². The first-order valence-corrected chi connectivity index (χ1v) is 19.8. The Labute approximate surface area is 322 Å². The van der Waals surface area contributed by atoms with Crippen molar-refractivity contribution in [3.8, 4) is 0 Å². The molecular weight excluding hydrogens is 759 g/mol. The fraction of sp³-hybridized carbons (Fsp3) is 0.583. The van der Waals surface area contributed by atoms with Crippen LogP contribution >= 0.6 is 0 Å². The van der Waals surface area contributed by atoms with Gasteiger partial charge in [0.05, 0.1) is 18.3 Å². The summed E-state index contributed by atoms with van der Waals surface area (Å²) in [5, 5.41) is 6.80. The van der Waals surface area contributed by atoms with Crippen molar-refractivity contribution in [3.05, 3.63) is 47.8 Å². The number of alkyl carbamates (subject to hydrolysis) is 1. The van der Waals surface area contributed by atoms with Crippen LogP contribution in [0.15, 0.2) is 30.9 Å². The summed E-state index contributed by atoms with van der Waals surface area (Å²) in [4.78, 5) is 95.1. The third-order valence-electron chi connectivity index (χ3n) is 10.2. The lowest BCUT2D eigenvalue weighted by Gasteiger charge is -2.30. The van der Waals surface area contributed by atoms with Crippen LogP contribution in [0.4, 0.5) is 14.0 Å². The molecule has 0 spiro atoms. The smallest absolute Gasteiger partial charge is 0.410 e. The zero-order chi connectivity index (χ0) is 40.7. The highest BCUT2D eigenvalue weighted by atomic mass is 32.2. The lowest BCUT2D eigenvalue weighted by Crippen LogP contribution is -2.60. The molecular formula is C36H45FN6O12S. The number of hydrogen-bond acceptors (Lipinski definition) is 12. The minimum Gasteiger partial charge on any atom is -0.452 e. The SMILES string of the molecule is C=CC1CC1(NC(=O)[C@@H]1CC(OC(=O)N2Cc3cccc(F)c3C2)CN1C(=O)[C@H](CNC(=O)[C@@H]1CCC(=O)O1)NC(=O)OC(C)(C)C)C(=O)NS(=O)(=O)C1CC1. The van der Waals surface area contributed by atoms with E-state index in [1.807, 2.05) is 0 Å². The number of rotatable bonds is 12. The maximum Gasteiger partial charge on any atom is 0.410 e. The van der Waals surface area contributed by atoms with E-state index < -0.39 is 117 Å². The lowest BCUT2D eigenvalue weighted by atomic mass is 10.1. The van der Waals surface area contributed by atoms with Crippen molar-refractivity contribution in [2.45, 2.75) is 113 Å². The van der Waals surface area contributed by atoms with Crippen LogP contribution in [0, 0.1) is 11.7 Å². The van der Waals surface area contributed by atoms with Gasteiger partial charge >= 0.3 is 18.2 Å². The molecule has 6 amide bonds. The Morgan fingerprint density at radius 3 is 2.45 bits per heavy atom. The second-order valence-electron chi connectivity index (χ2n) is 15.6. The molecule has 56 heavy (non-hydrogen) atoms. The van der Waals surface area contributed by atoms with Gasteiger partial charge in [-0.3, -0.25) is 33.6 Å². The summed E-state index contributed by atoms with van der Waals surface area (Å²) in [7, 11) is -4.00. The summed E-state index contributed by atoms with van der Waals surface area (Å²) in [6.45, 7) is 7.49. The molecule has 1 aromatic carbocycles. The minimum atomic E-state index is -4.00. The average molecular weight is 805 g/mol. The third-order valence-corrected chi connectivity index (χ3v) is 12.0. The Balaban J connectivity index is 1.23. The van der Waals surface area contributed by atoms with Gasteiger partial charge in [-0.25, -0.2) is 22.4 Å². The Morgan fingerprint density at radius 2 is 1.84 bits per heavy atom. The molecule has 6 atom stereocenters. The molecule has 0 radical (unpaired) electrons. The van der Waals surface area contributed by atoms with Crippen LogP contribution in [0.25, 0.3) is 0 Å². The number of carbonyl (C=O) groups is 7. The normalized spacial score (nSPS) is 26.0. The second kappa shape index (κ2) is 15.3. The molecule has 3 heterocycles. The second-order valence-corrected chi connectivity index (χ2v) is 17.6. The molecule has 3 aliphatic heterocycles. The van der Waals surface area contributed by atoms with E-state index in [1.165, 1.54) is 23.1 Å². The van der Waals surface area contributed by atoms with E-state index in [1.54, 1.807) is 26.8 Å². The first-order chi connectivity index (χ1) is 26.3. The highest BCUT2D eigenvalue weighted by molar-refractivity contribution is 7.91. The molecule has 4 N–H and O–H groups in total. The molecule has 0 bridgehead atoms. The maximum absolute atomic E-state index is 14.4. The Hall–Kier alpha value is -5.27. The summed E-state index contributed by atoms with van der Waals surface area (Å²) < 4.78 is 57.9. The molecule has 6 rings (SSSR count). The molecule has 18 nitrogen and oxygen atoms in total. The van der Waals surface area contributed by atoms with Gasteiger partial charge in [-0.15, -0.1) is 6.58 Å². The summed E-state index contributed by atoms with van der Waals surface area (Å²) in [6.07, 6.45) is -2.14. The van der Waals surface area contributed by atoms with Crippen molar-refractivity contribution in [1.82, 2.24) is 30.5 Å². The molecule has 5 aliphatic rings. The number of nitrogens with zero attached hydrogens (tertiary/aromatic N) is 2. The fourth-order valence-corrected chi connectivity index (χ4v) is 8.36. The number of likely N-dealkylation sites (tertiary alicyclic amines) is 1. The number of benzene rings is 1. The predicted octanol–water partition coefficient (Wildman–Crippen LogP) is 0.632. The molecule has 2 aliphatic carbocycles. The molecule has 2 saturated carbocycles. The van der Waals surface area contributed by atoms with Crippen molar-refractivity contribution in [2.75, 3.05) is 13.1 Å². The largest absolute Gasteiger partial charge is 0.452 e. The number of carbonyl (C=O) groups excluding carboxylic acids is 7. The number of ether oxygens (including phenoxy) is 3. The fourth-order valence-electron chi connectivity index (χ4n) is 7.00. The van der Waals surface area contributed by atoms with Gasteiger partial charge in [-0.1, -0.05) is 18.2 Å². The van der Waals surface area contributed by atoms with Crippen molar-refractivity contribution in [3.63, 3.8) is 0 Å². The molecule has 4 fully saturated rings. The number of amides is 6. The van der Waals surface area contributed by atoms with Crippen LogP contribution in [0.5, 0.6) is 0 Å². The van der Waals surface area contributed by atoms with Crippen LogP contribution in [-0.2, 0) is 61.3 Å². The van der Waals surface area contributed by atoms with Gasteiger partial charge in [0.1, 0.15) is 35.1 Å². The van der Waals surface area contributed by atoms with Gasteiger partial charge in [-0.05, 0) is 51.7 Å². The molecule has 3 unspecified atom stereocenters. The van der Waals surface area contributed by atoms with Gasteiger partial charge in [0.25, 0.3) is 11.8 Å². The van der Waals surface area contributed by atoms with E-state index in [0.29, 0.717) is 24.0 Å². The Kier molecular flexibility index (Phi) is 11.1. The number of hydrogen-bond donors (Lipinski definition) is 4. The first-order valence-electron chi connectivity index (χ1n) is 18.3. The average Bonchev–Trinajstić information content (AvgIpc) is 3.94. The van der Waals surface area contributed by atoms with Crippen molar-refractivity contribution in [1.29, 1.82) is 0 Å². The number of esters is 1.